The van der Waals surface area contributed by atoms with Crippen LogP contribution in [0.5, 0.6) is 0 Å². The fourth-order valence-electron chi connectivity index (χ4n) is 4.02. The van der Waals surface area contributed by atoms with Gasteiger partial charge in [-0.3, -0.25) is 14.5 Å². The van der Waals surface area contributed by atoms with Gasteiger partial charge in [0.05, 0.1) is 18.8 Å². The van der Waals surface area contributed by atoms with Gasteiger partial charge in [-0.1, -0.05) is 60.7 Å². The summed E-state index contributed by atoms with van der Waals surface area (Å²) in [5.74, 6) is 0.322. The van der Waals surface area contributed by atoms with Gasteiger partial charge in [-0.25, -0.2) is 0 Å². The van der Waals surface area contributed by atoms with Crippen molar-refractivity contribution in [2.24, 2.45) is 0 Å². The highest BCUT2D eigenvalue weighted by molar-refractivity contribution is 5.91. The molecule has 0 radical (unpaired) electrons. The molecule has 6 nitrogen and oxygen atoms in total. The summed E-state index contributed by atoms with van der Waals surface area (Å²) in [5.41, 5.74) is 2.16. The average molecular weight is 418 g/mol. The molecule has 0 unspecified atom stereocenters. The van der Waals surface area contributed by atoms with Crippen LogP contribution in [0.2, 0.25) is 0 Å². The van der Waals surface area contributed by atoms with E-state index < -0.39 is 0 Å². The Morgan fingerprint density at radius 3 is 1.97 bits per heavy atom. The lowest BCUT2D eigenvalue weighted by Crippen LogP contribution is -2.51. The molecule has 1 aliphatic heterocycles. The molecule has 0 N–H and O–H groups in total. The van der Waals surface area contributed by atoms with E-state index >= 15 is 0 Å². The number of likely N-dealkylation sites (N-methyl/N-ethyl adjacent to an activating group) is 1. The molecule has 2 heterocycles. The molecule has 3 aromatic rings. The third-order valence-electron chi connectivity index (χ3n) is 5.76. The lowest BCUT2D eigenvalue weighted by atomic mass is 9.97. The van der Waals surface area contributed by atoms with Crippen molar-refractivity contribution in [3.8, 4) is 0 Å². The summed E-state index contributed by atoms with van der Waals surface area (Å²) >= 11 is 0. The minimum atomic E-state index is -0.142. The molecule has 31 heavy (non-hydrogen) atoms. The normalized spacial score (nSPS) is 14.6. The van der Waals surface area contributed by atoms with Crippen molar-refractivity contribution in [3.63, 3.8) is 0 Å². The Morgan fingerprint density at radius 1 is 0.871 bits per heavy atom. The summed E-state index contributed by atoms with van der Waals surface area (Å²) in [6, 6.07) is 23.4. The van der Waals surface area contributed by atoms with Crippen molar-refractivity contribution in [3.05, 3.63) is 95.9 Å². The second kappa shape index (κ2) is 9.62. The molecule has 1 saturated heterocycles. The first-order chi connectivity index (χ1) is 15.1. The highest BCUT2D eigenvalue weighted by Crippen LogP contribution is 2.27. The molecular formula is C25H27N3O3. The number of amides is 2. The van der Waals surface area contributed by atoms with Crippen LogP contribution in [-0.2, 0) is 4.79 Å². The lowest BCUT2D eigenvalue weighted by molar-refractivity contribution is -0.133. The predicted octanol–water partition coefficient (Wildman–Crippen LogP) is 3.29. The van der Waals surface area contributed by atoms with E-state index in [9.17, 15) is 9.59 Å². The zero-order valence-electron chi connectivity index (χ0n) is 17.7. The summed E-state index contributed by atoms with van der Waals surface area (Å²) < 4.78 is 5.22. The Bertz CT molecular complexity index is 942. The Hall–Kier alpha value is -3.38. The van der Waals surface area contributed by atoms with E-state index in [4.69, 9.17) is 4.42 Å². The van der Waals surface area contributed by atoms with Crippen LogP contribution >= 0.6 is 0 Å². The highest BCUT2D eigenvalue weighted by Gasteiger charge is 2.28. The fraction of sp³-hybridized carbons (Fsp3) is 0.280. The van der Waals surface area contributed by atoms with Gasteiger partial charge in [-0.2, -0.15) is 0 Å². The van der Waals surface area contributed by atoms with Gasteiger partial charge in [-0.15, -0.1) is 0 Å². The van der Waals surface area contributed by atoms with Crippen LogP contribution < -0.4 is 0 Å². The maximum absolute atomic E-state index is 13.2. The molecule has 2 aromatic carbocycles. The van der Waals surface area contributed by atoms with Gasteiger partial charge >= 0.3 is 0 Å². The number of carbonyl (C=O) groups excluding carboxylic acids is 2. The van der Waals surface area contributed by atoms with E-state index in [0.29, 0.717) is 38.5 Å². The van der Waals surface area contributed by atoms with Crippen molar-refractivity contribution in [1.29, 1.82) is 0 Å². The zero-order valence-corrected chi connectivity index (χ0v) is 17.7. The van der Waals surface area contributed by atoms with Gasteiger partial charge in [0.1, 0.15) is 0 Å². The molecule has 0 atom stereocenters. The Morgan fingerprint density at radius 2 is 1.45 bits per heavy atom. The van der Waals surface area contributed by atoms with E-state index in [1.807, 2.05) is 48.3 Å². The highest BCUT2D eigenvalue weighted by atomic mass is 16.3. The average Bonchev–Trinajstić information content (AvgIpc) is 3.36. The standard InChI is InChI=1S/C25H27N3O3/c1-26(24(20-9-4-2-5-10-20)21-11-6-3-7-12-21)23(29)19-27-14-16-28(17-15-27)25(30)22-13-8-18-31-22/h2-13,18,24H,14-17,19H2,1H3. The topological polar surface area (TPSA) is 57.0 Å². The van der Waals surface area contributed by atoms with Crippen LogP contribution in [0.25, 0.3) is 0 Å². The summed E-state index contributed by atoms with van der Waals surface area (Å²) in [4.78, 5) is 31.3. The minimum Gasteiger partial charge on any atom is -0.459 e. The van der Waals surface area contributed by atoms with Crippen LogP contribution in [0.15, 0.2) is 83.5 Å². The van der Waals surface area contributed by atoms with Crippen LogP contribution in [0.4, 0.5) is 0 Å². The number of benzene rings is 2. The summed E-state index contributed by atoms with van der Waals surface area (Å²) in [6.07, 6.45) is 1.51. The smallest absolute Gasteiger partial charge is 0.289 e. The van der Waals surface area contributed by atoms with Gasteiger partial charge < -0.3 is 14.2 Å². The second-order valence-electron chi connectivity index (χ2n) is 7.77. The van der Waals surface area contributed by atoms with Crippen LogP contribution in [-0.4, -0.2) is 66.3 Å². The quantitative estimate of drug-likeness (QED) is 0.618. The Labute approximate surface area is 182 Å². The molecular weight excluding hydrogens is 390 g/mol. The maximum Gasteiger partial charge on any atom is 0.289 e. The summed E-state index contributed by atoms with van der Waals surface area (Å²) in [6.45, 7) is 2.81. The molecule has 6 heteroatoms. The van der Waals surface area contributed by atoms with Gasteiger partial charge in [0, 0.05) is 33.2 Å². The molecule has 1 aromatic heterocycles. The monoisotopic (exact) mass is 417 g/mol. The van der Waals surface area contributed by atoms with Crippen molar-refractivity contribution in [2.45, 2.75) is 6.04 Å². The SMILES string of the molecule is CN(C(=O)CN1CCN(C(=O)c2ccco2)CC1)C(c1ccccc1)c1ccccc1. The molecule has 0 aliphatic carbocycles. The fourth-order valence-corrected chi connectivity index (χ4v) is 4.02. The Kier molecular flexibility index (Phi) is 6.48. The molecule has 160 valence electrons. The molecule has 0 spiro atoms. The largest absolute Gasteiger partial charge is 0.459 e. The number of hydrogen-bond donors (Lipinski definition) is 0. The van der Waals surface area contributed by atoms with Gasteiger partial charge in [-0.05, 0) is 23.3 Å². The first-order valence-electron chi connectivity index (χ1n) is 10.5. The van der Waals surface area contributed by atoms with E-state index in [1.165, 1.54) is 6.26 Å². The van der Waals surface area contributed by atoms with Crippen molar-refractivity contribution in [1.82, 2.24) is 14.7 Å². The first-order valence-corrected chi connectivity index (χ1v) is 10.5. The lowest BCUT2D eigenvalue weighted by Gasteiger charge is -2.36. The third-order valence-corrected chi connectivity index (χ3v) is 5.76. The minimum absolute atomic E-state index is 0.0588. The predicted molar refractivity (Wildman–Crippen MR) is 119 cm³/mol. The maximum atomic E-state index is 13.2. The molecule has 2 amide bonds. The van der Waals surface area contributed by atoms with Crippen LogP contribution in [0.3, 0.4) is 0 Å². The molecule has 0 saturated carbocycles. The molecule has 1 aliphatic rings. The van der Waals surface area contributed by atoms with E-state index in [2.05, 4.69) is 29.2 Å². The van der Waals surface area contributed by atoms with Gasteiger partial charge in [0.15, 0.2) is 5.76 Å². The zero-order chi connectivity index (χ0) is 21.6. The summed E-state index contributed by atoms with van der Waals surface area (Å²) in [7, 11) is 1.86. The second-order valence-corrected chi connectivity index (χ2v) is 7.77. The van der Waals surface area contributed by atoms with E-state index in [-0.39, 0.29) is 17.9 Å². The van der Waals surface area contributed by atoms with Crippen molar-refractivity contribution in [2.75, 3.05) is 39.8 Å². The van der Waals surface area contributed by atoms with Gasteiger partial charge in [0.25, 0.3) is 5.91 Å². The number of carbonyl (C=O) groups is 2. The molecule has 0 bridgehead atoms. The Balaban J connectivity index is 1.40. The van der Waals surface area contributed by atoms with Crippen LogP contribution in [0, 0.1) is 0 Å². The number of hydrogen-bond acceptors (Lipinski definition) is 4. The third kappa shape index (κ3) is 4.86. The molecule has 1 fully saturated rings. The van der Waals surface area contributed by atoms with Gasteiger partial charge in [0.2, 0.25) is 5.91 Å². The van der Waals surface area contributed by atoms with Crippen molar-refractivity contribution >= 4 is 11.8 Å². The van der Waals surface area contributed by atoms with E-state index in [0.717, 1.165) is 11.1 Å². The summed E-state index contributed by atoms with van der Waals surface area (Å²) in [5, 5.41) is 0. The van der Waals surface area contributed by atoms with Crippen molar-refractivity contribution < 1.29 is 14.0 Å². The molecule has 4 rings (SSSR count). The van der Waals surface area contributed by atoms with Crippen LogP contribution in [0.1, 0.15) is 27.7 Å². The number of rotatable bonds is 6. The number of furan rings is 1. The van der Waals surface area contributed by atoms with E-state index in [1.54, 1.807) is 17.0 Å². The first kappa shape index (κ1) is 20.9. The number of nitrogens with zero attached hydrogens (tertiary/aromatic N) is 3. The number of piperazine rings is 1.